The van der Waals surface area contributed by atoms with Gasteiger partial charge in [0.15, 0.2) is 0 Å². The van der Waals surface area contributed by atoms with Crippen LogP contribution in [0.2, 0.25) is 0 Å². The normalized spacial score (nSPS) is 19.7. The van der Waals surface area contributed by atoms with Gasteiger partial charge in [-0.2, -0.15) is 0 Å². The molecular formula is C29H48N4O6S2. The van der Waals surface area contributed by atoms with Crippen LogP contribution in [0, 0.1) is 5.41 Å². The maximum atomic E-state index is 12.6. The van der Waals surface area contributed by atoms with E-state index in [1.54, 1.807) is 0 Å². The number of hydrogen-bond acceptors (Lipinski definition) is 8. The highest BCUT2D eigenvalue weighted by atomic mass is 32.2. The number of carbonyl (C=O) groups excluding carboxylic acids is 6. The molecule has 2 aliphatic rings. The fourth-order valence-electron chi connectivity index (χ4n) is 4.69. The van der Waals surface area contributed by atoms with Crippen molar-refractivity contribution >= 4 is 59.0 Å². The van der Waals surface area contributed by atoms with Crippen molar-refractivity contribution in [3.63, 3.8) is 0 Å². The Kier molecular flexibility index (Phi) is 15.8. The first kappa shape index (κ1) is 35.1. The van der Waals surface area contributed by atoms with E-state index in [4.69, 9.17) is 0 Å². The number of hydrogen-bond donors (Lipinski definition) is 4. The predicted molar refractivity (Wildman–Crippen MR) is 163 cm³/mol. The molecule has 232 valence electrons. The van der Waals surface area contributed by atoms with Crippen molar-refractivity contribution in [2.24, 2.45) is 5.41 Å². The average Bonchev–Trinajstić information content (AvgIpc) is 3.39. The van der Waals surface area contributed by atoms with E-state index in [0.717, 1.165) is 69.3 Å². The van der Waals surface area contributed by atoms with Gasteiger partial charge in [-0.05, 0) is 61.9 Å². The molecule has 0 radical (unpaired) electrons. The van der Waals surface area contributed by atoms with E-state index >= 15 is 0 Å². The minimum Gasteiger partial charge on any atom is -0.356 e. The van der Waals surface area contributed by atoms with E-state index in [-0.39, 0.29) is 70.2 Å². The zero-order chi connectivity index (χ0) is 30.3. The van der Waals surface area contributed by atoms with Crippen LogP contribution in [0.1, 0.15) is 104 Å². The molecule has 0 aromatic carbocycles. The average molecular weight is 613 g/mol. The van der Waals surface area contributed by atoms with Crippen LogP contribution in [-0.2, 0) is 28.8 Å². The van der Waals surface area contributed by atoms with Gasteiger partial charge in [0.25, 0.3) is 0 Å². The van der Waals surface area contributed by atoms with Crippen LogP contribution in [-0.4, -0.2) is 70.0 Å². The highest BCUT2D eigenvalue weighted by Gasteiger charge is 2.31. The Bertz CT molecular complexity index is 923. The maximum Gasteiger partial charge on any atom is 0.240 e. The van der Waals surface area contributed by atoms with Crippen LogP contribution >= 0.6 is 23.5 Å². The lowest BCUT2D eigenvalue weighted by Crippen LogP contribution is -2.43. The summed E-state index contributed by atoms with van der Waals surface area (Å²) in [5.41, 5.74) is -0.0653. The summed E-state index contributed by atoms with van der Waals surface area (Å²) in [6.07, 6.45) is 9.36. The second-order valence-corrected chi connectivity index (χ2v) is 14.5. The van der Waals surface area contributed by atoms with Crippen LogP contribution in [0.4, 0.5) is 0 Å². The zero-order valence-corrected chi connectivity index (χ0v) is 26.4. The first-order chi connectivity index (χ1) is 19.5. The van der Waals surface area contributed by atoms with Gasteiger partial charge in [0.1, 0.15) is 0 Å². The topological polar surface area (TPSA) is 151 Å². The monoisotopic (exact) mass is 612 g/mol. The predicted octanol–water partition coefficient (Wildman–Crippen LogP) is 3.22. The molecule has 2 rings (SSSR count). The molecule has 0 saturated carbocycles. The first-order valence-electron chi connectivity index (χ1n) is 14.9. The van der Waals surface area contributed by atoms with Crippen molar-refractivity contribution in [1.29, 1.82) is 0 Å². The SMILES string of the molecule is CC(C)(C)C(CCCCNC(=O)CCCCCSC1CC(=O)NC1=O)NC(=O)CCCCCSC1CC(=O)NC1=O. The van der Waals surface area contributed by atoms with Gasteiger partial charge in [0.2, 0.25) is 35.4 Å². The number of unbranched alkanes of at least 4 members (excludes halogenated alkanes) is 5. The van der Waals surface area contributed by atoms with Crippen LogP contribution in [0.3, 0.4) is 0 Å². The van der Waals surface area contributed by atoms with Gasteiger partial charge in [-0.25, -0.2) is 0 Å². The molecule has 10 nitrogen and oxygen atoms in total. The standard InChI is InChI=1S/C29H48N4O6S2/c1-29(2,3)22(31-24(35)14-7-5-11-17-41-21-19-26(37)33-28(21)39)12-8-9-15-30-23(34)13-6-4-10-16-40-20-18-25(36)32-27(20)38/h20-22H,4-19H2,1-3H3,(H,30,34)(H,31,35)(H,32,36,38)(H,33,37,39). The number of imide groups is 2. The Morgan fingerprint density at radius 1 is 0.756 bits per heavy atom. The summed E-state index contributed by atoms with van der Waals surface area (Å²) in [6, 6.07) is 0.0611. The summed E-state index contributed by atoms with van der Waals surface area (Å²) in [5.74, 6) is 0.951. The number of carbonyl (C=O) groups is 6. The van der Waals surface area contributed by atoms with E-state index in [0.29, 0.717) is 19.4 Å². The Morgan fingerprint density at radius 2 is 1.27 bits per heavy atom. The maximum absolute atomic E-state index is 12.6. The molecule has 2 heterocycles. The summed E-state index contributed by atoms with van der Waals surface area (Å²) >= 11 is 3.03. The summed E-state index contributed by atoms with van der Waals surface area (Å²) in [5, 5.41) is 10.3. The van der Waals surface area contributed by atoms with E-state index in [2.05, 4.69) is 42.0 Å². The van der Waals surface area contributed by atoms with Crippen LogP contribution in [0.15, 0.2) is 0 Å². The van der Waals surface area contributed by atoms with Crippen molar-refractivity contribution in [3.05, 3.63) is 0 Å². The number of rotatable bonds is 20. The van der Waals surface area contributed by atoms with Crippen LogP contribution < -0.4 is 21.3 Å². The zero-order valence-electron chi connectivity index (χ0n) is 24.8. The van der Waals surface area contributed by atoms with Crippen LogP contribution in [0.25, 0.3) is 0 Å². The van der Waals surface area contributed by atoms with Crippen LogP contribution in [0.5, 0.6) is 0 Å². The van der Waals surface area contributed by atoms with Crippen molar-refractivity contribution in [1.82, 2.24) is 21.3 Å². The molecule has 3 unspecified atom stereocenters. The van der Waals surface area contributed by atoms with E-state index in [1.807, 2.05) is 0 Å². The van der Waals surface area contributed by atoms with Crippen molar-refractivity contribution < 1.29 is 28.8 Å². The van der Waals surface area contributed by atoms with Crippen molar-refractivity contribution in [3.8, 4) is 0 Å². The van der Waals surface area contributed by atoms with Gasteiger partial charge < -0.3 is 10.6 Å². The molecule has 0 aliphatic carbocycles. The lowest BCUT2D eigenvalue weighted by molar-refractivity contribution is -0.126. The fourth-order valence-corrected chi connectivity index (χ4v) is 6.96. The molecule has 12 heteroatoms. The van der Waals surface area contributed by atoms with Crippen molar-refractivity contribution in [2.75, 3.05) is 18.1 Å². The Hall–Kier alpha value is -2.08. The Morgan fingerprint density at radius 3 is 1.73 bits per heavy atom. The van der Waals surface area contributed by atoms with Gasteiger partial charge >= 0.3 is 0 Å². The molecule has 0 aromatic heterocycles. The Balaban J connectivity index is 1.47. The number of amides is 6. The number of thioether (sulfide) groups is 2. The first-order valence-corrected chi connectivity index (χ1v) is 17.0. The summed E-state index contributed by atoms with van der Waals surface area (Å²) < 4.78 is 0. The molecule has 6 amide bonds. The molecule has 2 saturated heterocycles. The van der Waals surface area contributed by atoms with Gasteiger partial charge in [-0.3, -0.25) is 39.4 Å². The van der Waals surface area contributed by atoms with Crippen molar-refractivity contribution in [2.45, 2.75) is 121 Å². The second-order valence-electron chi connectivity index (χ2n) is 11.9. The summed E-state index contributed by atoms with van der Waals surface area (Å²) in [4.78, 5) is 70.3. The van der Waals surface area contributed by atoms with Gasteiger partial charge in [-0.15, -0.1) is 23.5 Å². The molecule has 0 spiro atoms. The molecule has 4 N–H and O–H groups in total. The Labute approximate surface area is 252 Å². The minimum atomic E-state index is -0.268. The van der Waals surface area contributed by atoms with E-state index in [1.165, 1.54) is 23.5 Å². The van der Waals surface area contributed by atoms with Gasteiger partial charge in [0, 0.05) is 38.3 Å². The molecule has 2 fully saturated rings. The third-order valence-electron chi connectivity index (χ3n) is 7.21. The summed E-state index contributed by atoms with van der Waals surface area (Å²) in [7, 11) is 0. The molecule has 2 aliphatic heterocycles. The van der Waals surface area contributed by atoms with Gasteiger partial charge in [0.05, 0.1) is 10.5 Å². The highest BCUT2D eigenvalue weighted by molar-refractivity contribution is 8.00. The molecule has 3 atom stereocenters. The fraction of sp³-hybridized carbons (Fsp3) is 0.793. The van der Waals surface area contributed by atoms with E-state index < -0.39 is 0 Å². The minimum absolute atomic E-state index is 0.0532. The molecule has 0 aromatic rings. The lowest BCUT2D eigenvalue weighted by Gasteiger charge is -2.31. The second kappa shape index (κ2) is 18.5. The largest absolute Gasteiger partial charge is 0.356 e. The highest BCUT2D eigenvalue weighted by Crippen LogP contribution is 2.24. The third-order valence-corrected chi connectivity index (χ3v) is 9.82. The molecule has 0 bridgehead atoms. The smallest absolute Gasteiger partial charge is 0.240 e. The number of nitrogens with one attached hydrogen (secondary N) is 4. The van der Waals surface area contributed by atoms with Gasteiger partial charge in [-0.1, -0.05) is 33.6 Å². The molecular weight excluding hydrogens is 564 g/mol. The lowest BCUT2D eigenvalue weighted by atomic mass is 9.83. The quantitative estimate of drug-likeness (QED) is 0.121. The van der Waals surface area contributed by atoms with E-state index in [9.17, 15) is 28.8 Å². The summed E-state index contributed by atoms with van der Waals surface area (Å²) in [6.45, 7) is 7.00. The molecule has 41 heavy (non-hydrogen) atoms. The third kappa shape index (κ3) is 14.6.